The van der Waals surface area contributed by atoms with Gasteiger partial charge in [0.15, 0.2) is 0 Å². The number of pyridine rings is 1. The molecule has 0 radical (unpaired) electrons. The molecular formula is C19H14ClF2NO2. The molecule has 0 amide bonds. The van der Waals surface area contributed by atoms with Gasteiger partial charge in [0.05, 0.1) is 5.52 Å². The molecular weight excluding hydrogens is 348 g/mol. The van der Waals surface area contributed by atoms with Gasteiger partial charge in [-0.15, -0.1) is 0 Å². The van der Waals surface area contributed by atoms with Crippen LogP contribution in [0.2, 0.25) is 5.15 Å². The third-order valence-electron chi connectivity index (χ3n) is 4.06. The van der Waals surface area contributed by atoms with Gasteiger partial charge in [0, 0.05) is 10.9 Å². The molecule has 0 unspecified atom stereocenters. The number of hydrogen-bond donors (Lipinski definition) is 0. The summed E-state index contributed by atoms with van der Waals surface area (Å²) in [6.07, 6.45) is 0. The largest absolute Gasteiger partial charge is 0.457 e. The summed E-state index contributed by atoms with van der Waals surface area (Å²) in [6, 6.07) is 8.77. The van der Waals surface area contributed by atoms with E-state index >= 15 is 0 Å². The molecule has 0 spiro atoms. The maximum absolute atomic E-state index is 13.6. The van der Waals surface area contributed by atoms with Gasteiger partial charge in [-0.1, -0.05) is 29.8 Å². The van der Waals surface area contributed by atoms with Crippen LogP contribution in [0.5, 0.6) is 0 Å². The highest BCUT2D eigenvalue weighted by Gasteiger charge is 2.19. The van der Waals surface area contributed by atoms with E-state index < -0.39 is 23.2 Å². The van der Waals surface area contributed by atoms with Gasteiger partial charge in [-0.25, -0.2) is 18.6 Å². The van der Waals surface area contributed by atoms with Crippen molar-refractivity contribution in [2.24, 2.45) is 0 Å². The molecule has 0 bridgehead atoms. The van der Waals surface area contributed by atoms with Crippen LogP contribution >= 0.6 is 11.6 Å². The summed E-state index contributed by atoms with van der Waals surface area (Å²) in [4.78, 5) is 16.3. The summed E-state index contributed by atoms with van der Waals surface area (Å²) in [6.45, 7) is 3.69. The van der Waals surface area contributed by atoms with E-state index in [2.05, 4.69) is 4.98 Å². The summed E-state index contributed by atoms with van der Waals surface area (Å²) in [7, 11) is 0. The van der Waals surface area contributed by atoms with E-state index in [4.69, 9.17) is 16.3 Å². The Hall–Kier alpha value is -2.53. The van der Waals surface area contributed by atoms with Crippen molar-refractivity contribution >= 4 is 28.5 Å². The Labute approximate surface area is 148 Å². The first-order chi connectivity index (χ1) is 11.9. The highest BCUT2D eigenvalue weighted by molar-refractivity contribution is 6.30. The molecule has 0 fully saturated rings. The Balaban J connectivity index is 1.87. The topological polar surface area (TPSA) is 39.2 Å². The number of halogens is 3. The molecule has 128 valence electrons. The van der Waals surface area contributed by atoms with Crippen LogP contribution in [0.3, 0.4) is 0 Å². The number of nitrogens with zero attached hydrogens (tertiary/aromatic N) is 1. The first kappa shape index (κ1) is 17.3. The van der Waals surface area contributed by atoms with Gasteiger partial charge in [-0.2, -0.15) is 0 Å². The molecule has 0 N–H and O–H groups in total. The van der Waals surface area contributed by atoms with Crippen molar-refractivity contribution in [1.82, 2.24) is 4.98 Å². The molecule has 0 aliphatic rings. The fraction of sp³-hybridized carbons (Fsp3) is 0.158. The number of fused-ring (bicyclic) bond motifs is 1. The summed E-state index contributed by atoms with van der Waals surface area (Å²) >= 11 is 6.17. The smallest absolute Gasteiger partial charge is 0.344 e. The quantitative estimate of drug-likeness (QED) is 0.479. The molecule has 25 heavy (non-hydrogen) atoms. The molecule has 0 atom stereocenters. The summed E-state index contributed by atoms with van der Waals surface area (Å²) in [5.41, 5.74) is 2.60. The predicted octanol–water partition coefficient (Wildman–Crippen LogP) is 5.14. The van der Waals surface area contributed by atoms with Crippen LogP contribution in [0.15, 0.2) is 36.4 Å². The first-order valence-corrected chi connectivity index (χ1v) is 7.92. The average molecular weight is 362 g/mol. The lowest BCUT2D eigenvalue weighted by atomic mass is 10.0. The standard InChI is InChI=1S/C19H14ClF2NO2/c1-10-6-7-12-8-13(18(20)23-17(12)11(10)2)9-25-19(24)16-14(21)4-3-5-15(16)22/h3-8H,9H2,1-2H3. The van der Waals surface area contributed by atoms with Crippen molar-refractivity contribution in [3.05, 3.63) is 75.4 Å². The lowest BCUT2D eigenvalue weighted by molar-refractivity contribution is 0.0461. The van der Waals surface area contributed by atoms with E-state index in [1.165, 1.54) is 6.07 Å². The zero-order valence-electron chi connectivity index (χ0n) is 13.6. The van der Waals surface area contributed by atoms with Crippen molar-refractivity contribution < 1.29 is 18.3 Å². The predicted molar refractivity (Wildman–Crippen MR) is 91.7 cm³/mol. The normalized spacial score (nSPS) is 10.9. The molecule has 2 aromatic carbocycles. The van der Waals surface area contributed by atoms with E-state index in [1.54, 1.807) is 6.07 Å². The second-order valence-electron chi connectivity index (χ2n) is 5.69. The average Bonchev–Trinajstić information content (AvgIpc) is 2.57. The third kappa shape index (κ3) is 3.33. The van der Waals surface area contributed by atoms with Gasteiger partial charge < -0.3 is 4.74 Å². The van der Waals surface area contributed by atoms with Crippen molar-refractivity contribution in [3.8, 4) is 0 Å². The summed E-state index contributed by atoms with van der Waals surface area (Å²) in [5, 5.41) is 1.03. The zero-order valence-corrected chi connectivity index (χ0v) is 14.3. The number of hydrogen-bond acceptors (Lipinski definition) is 3. The van der Waals surface area contributed by atoms with Gasteiger partial charge >= 0.3 is 5.97 Å². The van der Waals surface area contributed by atoms with Crippen LogP contribution in [-0.4, -0.2) is 11.0 Å². The van der Waals surface area contributed by atoms with Crippen LogP contribution in [0, 0.1) is 25.5 Å². The minimum Gasteiger partial charge on any atom is -0.457 e. The molecule has 3 aromatic rings. The van der Waals surface area contributed by atoms with E-state index in [0.29, 0.717) is 5.56 Å². The molecule has 3 rings (SSSR count). The number of esters is 1. The van der Waals surface area contributed by atoms with Crippen LogP contribution in [-0.2, 0) is 11.3 Å². The minimum absolute atomic E-state index is 0.183. The number of benzene rings is 2. The van der Waals surface area contributed by atoms with Crippen LogP contribution in [0.1, 0.15) is 27.0 Å². The Morgan fingerprint density at radius 1 is 1.16 bits per heavy atom. The van der Waals surface area contributed by atoms with Gasteiger partial charge in [0.25, 0.3) is 0 Å². The van der Waals surface area contributed by atoms with Crippen molar-refractivity contribution in [3.63, 3.8) is 0 Å². The molecule has 6 heteroatoms. The van der Waals surface area contributed by atoms with E-state index in [9.17, 15) is 13.6 Å². The lowest BCUT2D eigenvalue weighted by Crippen LogP contribution is -2.10. The van der Waals surface area contributed by atoms with Crippen molar-refractivity contribution in [1.29, 1.82) is 0 Å². The van der Waals surface area contributed by atoms with Gasteiger partial charge in [-0.05, 0) is 43.2 Å². The number of aromatic nitrogens is 1. The van der Waals surface area contributed by atoms with Crippen molar-refractivity contribution in [2.45, 2.75) is 20.5 Å². The second kappa shape index (κ2) is 6.76. The minimum atomic E-state index is -1.09. The van der Waals surface area contributed by atoms with Gasteiger partial charge in [0.2, 0.25) is 0 Å². The Bertz CT molecular complexity index is 969. The van der Waals surface area contributed by atoms with Gasteiger partial charge in [-0.3, -0.25) is 0 Å². The zero-order chi connectivity index (χ0) is 18.1. The number of rotatable bonds is 3. The molecule has 3 nitrogen and oxygen atoms in total. The molecule has 0 aliphatic carbocycles. The first-order valence-electron chi connectivity index (χ1n) is 7.55. The third-order valence-corrected chi connectivity index (χ3v) is 4.39. The summed E-state index contributed by atoms with van der Waals surface area (Å²) in [5.74, 6) is -3.04. The molecule has 0 saturated heterocycles. The van der Waals surface area contributed by atoms with E-state index in [1.807, 2.05) is 26.0 Å². The van der Waals surface area contributed by atoms with E-state index in [-0.39, 0.29) is 11.8 Å². The van der Waals surface area contributed by atoms with Gasteiger partial charge in [0.1, 0.15) is 29.0 Å². The molecule has 0 aliphatic heterocycles. The highest BCUT2D eigenvalue weighted by Crippen LogP contribution is 2.25. The monoisotopic (exact) mass is 361 g/mol. The molecule has 1 heterocycles. The molecule has 0 saturated carbocycles. The highest BCUT2D eigenvalue weighted by atomic mass is 35.5. The number of carbonyl (C=O) groups excluding carboxylic acids is 1. The van der Waals surface area contributed by atoms with E-state index in [0.717, 1.165) is 34.2 Å². The maximum Gasteiger partial charge on any atom is 0.344 e. The van der Waals surface area contributed by atoms with Crippen LogP contribution in [0.4, 0.5) is 8.78 Å². The number of aryl methyl sites for hydroxylation is 2. The number of carbonyl (C=O) groups is 1. The second-order valence-corrected chi connectivity index (χ2v) is 6.05. The fourth-order valence-electron chi connectivity index (χ4n) is 2.51. The van der Waals surface area contributed by atoms with Crippen LogP contribution in [0.25, 0.3) is 10.9 Å². The Morgan fingerprint density at radius 3 is 2.52 bits per heavy atom. The van der Waals surface area contributed by atoms with Crippen LogP contribution < -0.4 is 0 Å². The Kier molecular flexibility index (Phi) is 4.68. The fourth-order valence-corrected chi connectivity index (χ4v) is 2.71. The lowest BCUT2D eigenvalue weighted by Gasteiger charge is -2.10. The Morgan fingerprint density at radius 2 is 1.84 bits per heavy atom. The molecule has 1 aromatic heterocycles. The SMILES string of the molecule is Cc1ccc2cc(COC(=O)c3c(F)cccc3F)c(Cl)nc2c1C. The number of ether oxygens (including phenoxy) is 1. The summed E-state index contributed by atoms with van der Waals surface area (Å²) < 4.78 is 32.3. The maximum atomic E-state index is 13.6. The van der Waals surface area contributed by atoms with Crippen molar-refractivity contribution in [2.75, 3.05) is 0 Å².